The molecule has 0 saturated heterocycles. The first-order valence-electron chi connectivity index (χ1n) is 9.57. The van der Waals surface area contributed by atoms with Crippen LogP contribution >= 0.6 is 0 Å². The zero-order valence-electron chi connectivity index (χ0n) is 16.9. The SMILES string of the molecule is C[C@@H](Nc1nc(NCC(C)(C)C(N)=O)nc(-c2cccc(C(F)(F)F)n2)n1)C1CC1. The van der Waals surface area contributed by atoms with E-state index in [-0.39, 0.29) is 36.0 Å². The van der Waals surface area contributed by atoms with Crippen LogP contribution in [0.15, 0.2) is 18.2 Å². The molecule has 0 aromatic carbocycles. The quantitative estimate of drug-likeness (QED) is 0.597. The standard InChI is InChI=1S/C19H24F3N7O/c1-10(11-7-8-11)25-17-28-14(12-5-4-6-13(26-12)19(20,21)22)27-16(29-17)24-9-18(2,3)15(23)30/h4-6,10-11H,7-9H2,1-3H3,(H2,23,30)(H2,24,25,27,28,29)/t10-/m1/s1. The van der Waals surface area contributed by atoms with Crippen molar-refractivity contribution < 1.29 is 18.0 Å². The number of carbonyl (C=O) groups is 1. The number of rotatable bonds is 8. The third-order valence-electron chi connectivity index (χ3n) is 4.95. The minimum Gasteiger partial charge on any atom is -0.369 e. The summed E-state index contributed by atoms with van der Waals surface area (Å²) < 4.78 is 39.2. The lowest BCUT2D eigenvalue weighted by Crippen LogP contribution is -2.37. The Hall–Kier alpha value is -2.98. The molecule has 1 aliphatic carbocycles. The summed E-state index contributed by atoms with van der Waals surface area (Å²) in [5.41, 5.74) is 3.44. The van der Waals surface area contributed by atoms with Crippen LogP contribution in [0.5, 0.6) is 0 Å². The number of primary amides is 1. The van der Waals surface area contributed by atoms with Crippen molar-refractivity contribution in [3.05, 3.63) is 23.9 Å². The van der Waals surface area contributed by atoms with Gasteiger partial charge in [-0.05, 0) is 51.7 Å². The lowest BCUT2D eigenvalue weighted by atomic mass is 9.93. The van der Waals surface area contributed by atoms with Crippen LogP contribution in [0.2, 0.25) is 0 Å². The van der Waals surface area contributed by atoms with Gasteiger partial charge < -0.3 is 16.4 Å². The zero-order chi connectivity index (χ0) is 22.1. The summed E-state index contributed by atoms with van der Waals surface area (Å²) in [7, 11) is 0. The van der Waals surface area contributed by atoms with E-state index in [1.165, 1.54) is 12.1 Å². The second kappa shape index (κ2) is 8.04. The molecule has 4 N–H and O–H groups in total. The Morgan fingerprint density at radius 3 is 2.43 bits per heavy atom. The Kier molecular flexibility index (Phi) is 5.82. The van der Waals surface area contributed by atoms with Gasteiger partial charge in [-0.15, -0.1) is 0 Å². The van der Waals surface area contributed by atoms with Crippen molar-refractivity contribution in [1.29, 1.82) is 0 Å². The number of anilines is 2. The molecular weight excluding hydrogens is 399 g/mol. The van der Waals surface area contributed by atoms with Crippen molar-refractivity contribution in [1.82, 2.24) is 19.9 Å². The largest absolute Gasteiger partial charge is 0.433 e. The van der Waals surface area contributed by atoms with Gasteiger partial charge in [-0.3, -0.25) is 4.79 Å². The van der Waals surface area contributed by atoms with Gasteiger partial charge in [0.2, 0.25) is 17.8 Å². The van der Waals surface area contributed by atoms with Gasteiger partial charge in [0.05, 0.1) is 5.41 Å². The Morgan fingerprint density at radius 2 is 1.83 bits per heavy atom. The second-order valence-corrected chi connectivity index (χ2v) is 8.08. The van der Waals surface area contributed by atoms with Gasteiger partial charge >= 0.3 is 6.18 Å². The van der Waals surface area contributed by atoms with Gasteiger partial charge in [0.1, 0.15) is 11.4 Å². The minimum atomic E-state index is -4.59. The van der Waals surface area contributed by atoms with Crippen molar-refractivity contribution in [2.75, 3.05) is 17.2 Å². The first-order chi connectivity index (χ1) is 14.0. The number of nitrogens with one attached hydrogen (secondary N) is 2. The normalized spacial score (nSPS) is 15.5. The van der Waals surface area contributed by atoms with E-state index in [0.717, 1.165) is 18.9 Å². The molecule has 0 unspecified atom stereocenters. The van der Waals surface area contributed by atoms with Crippen molar-refractivity contribution in [3.8, 4) is 11.5 Å². The van der Waals surface area contributed by atoms with E-state index < -0.39 is 23.2 Å². The van der Waals surface area contributed by atoms with Crippen molar-refractivity contribution in [2.45, 2.75) is 45.8 Å². The Morgan fingerprint density at radius 1 is 1.17 bits per heavy atom. The molecule has 0 spiro atoms. The summed E-state index contributed by atoms with van der Waals surface area (Å²) in [5.74, 6) is 0.310. The molecule has 1 aliphatic rings. The number of hydrogen-bond donors (Lipinski definition) is 3. The lowest BCUT2D eigenvalue weighted by molar-refractivity contribution is -0.141. The molecule has 3 rings (SSSR count). The molecule has 8 nitrogen and oxygen atoms in total. The average molecular weight is 423 g/mol. The monoisotopic (exact) mass is 423 g/mol. The van der Waals surface area contributed by atoms with Crippen molar-refractivity contribution in [2.24, 2.45) is 17.1 Å². The Balaban J connectivity index is 1.94. The third-order valence-corrected chi connectivity index (χ3v) is 4.95. The number of carbonyl (C=O) groups excluding carboxylic acids is 1. The summed E-state index contributed by atoms with van der Waals surface area (Å²) in [6.07, 6.45) is -2.39. The van der Waals surface area contributed by atoms with E-state index in [1.54, 1.807) is 13.8 Å². The lowest BCUT2D eigenvalue weighted by Gasteiger charge is -2.21. The fourth-order valence-corrected chi connectivity index (χ4v) is 2.66. The predicted molar refractivity (Wildman–Crippen MR) is 105 cm³/mol. The number of hydrogen-bond acceptors (Lipinski definition) is 7. The number of alkyl halides is 3. The van der Waals surface area contributed by atoms with Crippen molar-refractivity contribution in [3.63, 3.8) is 0 Å². The number of pyridine rings is 1. The molecule has 1 saturated carbocycles. The number of nitrogens with zero attached hydrogens (tertiary/aromatic N) is 4. The maximum Gasteiger partial charge on any atom is 0.433 e. The summed E-state index contributed by atoms with van der Waals surface area (Å²) in [5, 5.41) is 6.10. The van der Waals surface area contributed by atoms with Crippen LogP contribution in [0.4, 0.5) is 25.1 Å². The minimum absolute atomic E-state index is 0.0130. The number of amides is 1. The molecule has 11 heteroatoms. The van der Waals surface area contributed by atoms with Gasteiger partial charge in [0, 0.05) is 12.6 Å². The molecule has 2 heterocycles. The fraction of sp³-hybridized carbons (Fsp3) is 0.526. The highest BCUT2D eigenvalue weighted by atomic mass is 19.4. The Bertz CT molecular complexity index is 929. The maximum atomic E-state index is 13.1. The van der Waals surface area contributed by atoms with Gasteiger partial charge in [-0.1, -0.05) is 6.07 Å². The summed E-state index contributed by atoms with van der Waals surface area (Å²) in [6.45, 7) is 5.45. The number of aromatic nitrogens is 4. The van der Waals surface area contributed by atoms with Crippen LogP contribution < -0.4 is 16.4 Å². The smallest absolute Gasteiger partial charge is 0.369 e. The third kappa shape index (κ3) is 5.33. The highest BCUT2D eigenvalue weighted by molar-refractivity contribution is 5.80. The average Bonchev–Trinajstić information content (AvgIpc) is 3.51. The van der Waals surface area contributed by atoms with E-state index >= 15 is 0 Å². The van der Waals surface area contributed by atoms with E-state index in [9.17, 15) is 18.0 Å². The molecule has 0 radical (unpaired) electrons. The molecule has 1 fully saturated rings. The van der Waals surface area contributed by atoms with E-state index in [2.05, 4.69) is 30.6 Å². The maximum absolute atomic E-state index is 13.1. The van der Waals surface area contributed by atoms with E-state index in [1.807, 2.05) is 6.92 Å². The van der Waals surface area contributed by atoms with Crippen LogP contribution in [0.3, 0.4) is 0 Å². The number of halogens is 3. The van der Waals surface area contributed by atoms with Crippen LogP contribution in [0, 0.1) is 11.3 Å². The van der Waals surface area contributed by atoms with Crippen LogP contribution in [-0.4, -0.2) is 38.4 Å². The summed E-state index contributed by atoms with van der Waals surface area (Å²) in [4.78, 5) is 28.0. The van der Waals surface area contributed by atoms with Gasteiger partial charge in [0.15, 0.2) is 5.82 Å². The molecule has 162 valence electrons. The highest BCUT2D eigenvalue weighted by Crippen LogP contribution is 2.34. The highest BCUT2D eigenvalue weighted by Gasteiger charge is 2.33. The first-order valence-corrected chi connectivity index (χ1v) is 9.57. The van der Waals surface area contributed by atoms with Crippen molar-refractivity contribution >= 4 is 17.8 Å². The summed E-state index contributed by atoms with van der Waals surface area (Å²) >= 11 is 0. The zero-order valence-corrected chi connectivity index (χ0v) is 16.9. The molecule has 2 aromatic rings. The van der Waals surface area contributed by atoms with E-state index in [4.69, 9.17) is 5.73 Å². The fourth-order valence-electron chi connectivity index (χ4n) is 2.66. The van der Waals surface area contributed by atoms with E-state index in [0.29, 0.717) is 5.92 Å². The van der Waals surface area contributed by atoms with Crippen LogP contribution in [-0.2, 0) is 11.0 Å². The molecule has 1 amide bonds. The predicted octanol–water partition coefficient (Wildman–Crippen LogP) is 3.09. The molecule has 0 bridgehead atoms. The van der Waals surface area contributed by atoms with Gasteiger partial charge in [-0.2, -0.15) is 28.1 Å². The molecule has 30 heavy (non-hydrogen) atoms. The van der Waals surface area contributed by atoms with Crippen LogP contribution in [0.1, 0.15) is 39.3 Å². The first kappa shape index (κ1) is 21.7. The molecule has 1 atom stereocenters. The van der Waals surface area contributed by atoms with Gasteiger partial charge in [0.25, 0.3) is 0 Å². The number of nitrogens with two attached hydrogens (primary N) is 1. The molecular formula is C19H24F3N7O. The molecule has 0 aliphatic heterocycles. The second-order valence-electron chi connectivity index (χ2n) is 8.08. The Labute approximate surface area is 171 Å². The molecule has 2 aromatic heterocycles. The van der Waals surface area contributed by atoms with Crippen LogP contribution in [0.25, 0.3) is 11.5 Å². The van der Waals surface area contributed by atoms with Gasteiger partial charge in [-0.25, -0.2) is 4.98 Å². The summed E-state index contributed by atoms with van der Waals surface area (Å²) in [6, 6.07) is 3.63. The topological polar surface area (TPSA) is 119 Å².